The first kappa shape index (κ1) is 19.4. The molecule has 1 aliphatic heterocycles. The SMILES string of the molecule is CC(C)[C@H](NC(=O)c1ccccc1F)C(=O)N1CC[C@@]2(C)[C@@H](C1)C2(Cl)Cl. The van der Waals surface area contributed by atoms with E-state index in [2.05, 4.69) is 5.32 Å². The molecule has 4 nitrogen and oxygen atoms in total. The zero-order valence-electron chi connectivity index (χ0n) is 15.1. The molecule has 0 radical (unpaired) electrons. The van der Waals surface area contributed by atoms with E-state index < -0.39 is 22.1 Å². The number of hydrogen-bond donors (Lipinski definition) is 1. The minimum Gasteiger partial charge on any atom is -0.340 e. The zero-order valence-corrected chi connectivity index (χ0v) is 16.6. The Bertz CT molecular complexity index is 740. The molecule has 1 aromatic carbocycles. The summed E-state index contributed by atoms with van der Waals surface area (Å²) in [5.41, 5.74) is -0.226. The Hall–Kier alpha value is -1.33. The number of likely N-dealkylation sites (tertiary alicyclic amines) is 1. The largest absolute Gasteiger partial charge is 0.340 e. The molecule has 1 heterocycles. The van der Waals surface area contributed by atoms with E-state index in [1.807, 2.05) is 20.8 Å². The van der Waals surface area contributed by atoms with Crippen molar-refractivity contribution in [3.63, 3.8) is 0 Å². The van der Waals surface area contributed by atoms with Crippen LogP contribution in [0.5, 0.6) is 0 Å². The average molecular weight is 401 g/mol. The lowest BCUT2D eigenvalue weighted by Gasteiger charge is -2.33. The molecule has 142 valence electrons. The third-order valence-electron chi connectivity index (χ3n) is 5.84. The van der Waals surface area contributed by atoms with Crippen LogP contribution in [0.25, 0.3) is 0 Å². The molecule has 0 unspecified atom stereocenters. The summed E-state index contributed by atoms with van der Waals surface area (Å²) < 4.78 is 13.0. The second-order valence-electron chi connectivity index (χ2n) is 7.80. The first-order chi connectivity index (χ1) is 12.1. The second-order valence-corrected chi connectivity index (χ2v) is 9.19. The number of hydrogen-bond acceptors (Lipinski definition) is 2. The number of fused-ring (bicyclic) bond motifs is 1. The molecule has 0 aromatic heterocycles. The lowest BCUT2D eigenvalue weighted by atomic mass is 9.95. The Labute approximate surface area is 163 Å². The Kier molecular flexibility index (Phi) is 4.99. The molecule has 3 atom stereocenters. The molecule has 2 fully saturated rings. The molecule has 7 heteroatoms. The van der Waals surface area contributed by atoms with E-state index in [0.29, 0.717) is 13.1 Å². The van der Waals surface area contributed by atoms with Crippen molar-refractivity contribution in [2.75, 3.05) is 13.1 Å². The van der Waals surface area contributed by atoms with Gasteiger partial charge in [0.25, 0.3) is 5.91 Å². The average Bonchev–Trinajstić information content (AvgIpc) is 3.04. The maximum atomic E-state index is 13.8. The van der Waals surface area contributed by atoms with E-state index in [1.54, 1.807) is 11.0 Å². The van der Waals surface area contributed by atoms with Gasteiger partial charge in [-0.25, -0.2) is 4.39 Å². The van der Waals surface area contributed by atoms with E-state index in [-0.39, 0.29) is 28.7 Å². The molecule has 1 N–H and O–H groups in total. The Morgan fingerprint density at radius 3 is 2.54 bits per heavy atom. The number of nitrogens with one attached hydrogen (secondary N) is 1. The van der Waals surface area contributed by atoms with Gasteiger partial charge in [-0.15, -0.1) is 23.2 Å². The third-order valence-corrected chi connectivity index (χ3v) is 7.23. The highest BCUT2D eigenvalue weighted by atomic mass is 35.5. The van der Waals surface area contributed by atoms with Crippen molar-refractivity contribution in [2.24, 2.45) is 17.3 Å². The first-order valence-electron chi connectivity index (χ1n) is 8.81. The van der Waals surface area contributed by atoms with Gasteiger partial charge in [-0.1, -0.05) is 32.9 Å². The molecule has 2 aliphatic rings. The monoisotopic (exact) mass is 400 g/mol. The van der Waals surface area contributed by atoms with Crippen LogP contribution in [0.15, 0.2) is 24.3 Å². The van der Waals surface area contributed by atoms with E-state index in [1.165, 1.54) is 18.2 Å². The number of nitrogens with zero attached hydrogens (tertiary/aromatic N) is 1. The maximum absolute atomic E-state index is 13.8. The summed E-state index contributed by atoms with van der Waals surface area (Å²) in [6.45, 7) is 6.76. The van der Waals surface area contributed by atoms with Gasteiger partial charge in [-0.3, -0.25) is 9.59 Å². The van der Waals surface area contributed by atoms with E-state index >= 15 is 0 Å². The Morgan fingerprint density at radius 2 is 1.96 bits per heavy atom. The Balaban J connectivity index is 1.71. The number of piperidine rings is 1. The van der Waals surface area contributed by atoms with Crippen molar-refractivity contribution >= 4 is 35.0 Å². The summed E-state index contributed by atoms with van der Waals surface area (Å²) in [4.78, 5) is 27.1. The number of benzene rings is 1. The third kappa shape index (κ3) is 3.09. The summed E-state index contributed by atoms with van der Waals surface area (Å²) in [5, 5.41) is 2.69. The van der Waals surface area contributed by atoms with Crippen molar-refractivity contribution in [3.8, 4) is 0 Å². The van der Waals surface area contributed by atoms with Crippen molar-refractivity contribution in [1.82, 2.24) is 10.2 Å². The molecule has 1 saturated heterocycles. The van der Waals surface area contributed by atoms with Crippen LogP contribution in [-0.4, -0.2) is 40.2 Å². The minimum absolute atomic E-state index is 0.0334. The highest BCUT2D eigenvalue weighted by Crippen LogP contribution is 2.72. The van der Waals surface area contributed by atoms with Gasteiger partial charge >= 0.3 is 0 Å². The number of alkyl halides is 2. The van der Waals surface area contributed by atoms with Crippen LogP contribution in [0.3, 0.4) is 0 Å². The zero-order chi connectivity index (χ0) is 19.3. The van der Waals surface area contributed by atoms with Crippen LogP contribution in [0, 0.1) is 23.1 Å². The molecule has 2 amide bonds. The van der Waals surface area contributed by atoms with Crippen LogP contribution < -0.4 is 5.32 Å². The lowest BCUT2D eigenvalue weighted by molar-refractivity contribution is -0.135. The number of amides is 2. The van der Waals surface area contributed by atoms with Crippen molar-refractivity contribution in [2.45, 2.75) is 37.6 Å². The first-order valence-corrected chi connectivity index (χ1v) is 9.57. The van der Waals surface area contributed by atoms with Crippen LogP contribution in [0.4, 0.5) is 4.39 Å². The van der Waals surface area contributed by atoms with Crippen LogP contribution in [0.2, 0.25) is 0 Å². The molecule has 3 rings (SSSR count). The lowest BCUT2D eigenvalue weighted by Crippen LogP contribution is -2.53. The van der Waals surface area contributed by atoms with Crippen LogP contribution in [0.1, 0.15) is 37.6 Å². The van der Waals surface area contributed by atoms with Crippen molar-refractivity contribution in [3.05, 3.63) is 35.6 Å². The van der Waals surface area contributed by atoms with Crippen molar-refractivity contribution < 1.29 is 14.0 Å². The van der Waals surface area contributed by atoms with Gasteiger partial charge in [0.2, 0.25) is 5.91 Å². The fourth-order valence-corrected chi connectivity index (χ4v) is 4.75. The van der Waals surface area contributed by atoms with Crippen molar-refractivity contribution in [1.29, 1.82) is 0 Å². The standard InChI is InChI=1S/C19H23Cl2FN2O2/c1-11(2)15(23-16(25)12-6-4-5-7-13(12)22)17(26)24-9-8-18(3)14(10-24)19(18,20)21/h4-7,11,14-15H,8-10H2,1-3H3,(H,23,25)/t14-,15+,18+/m1/s1. The highest BCUT2D eigenvalue weighted by molar-refractivity contribution is 6.51. The summed E-state index contributed by atoms with van der Waals surface area (Å²) in [7, 11) is 0. The number of carbonyl (C=O) groups excluding carboxylic acids is 2. The summed E-state index contributed by atoms with van der Waals surface area (Å²) in [6, 6.07) is 4.99. The predicted molar refractivity (Wildman–Crippen MR) is 99.7 cm³/mol. The quantitative estimate of drug-likeness (QED) is 0.784. The van der Waals surface area contributed by atoms with Gasteiger partial charge in [0.1, 0.15) is 16.2 Å². The highest BCUT2D eigenvalue weighted by Gasteiger charge is 2.74. The van der Waals surface area contributed by atoms with E-state index in [0.717, 1.165) is 6.42 Å². The van der Waals surface area contributed by atoms with E-state index in [4.69, 9.17) is 23.2 Å². The smallest absolute Gasteiger partial charge is 0.254 e. The molecule has 0 bridgehead atoms. The molecule has 26 heavy (non-hydrogen) atoms. The molecule has 0 spiro atoms. The van der Waals surface area contributed by atoms with E-state index in [9.17, 15) is 14.0 Å². The second kappa shape index (κ2) is 6.68. The predicted octanol–water partition coefficient (Wildman–Crippen LogP) is 3.62. The topological polar surface area (TPSA) is 49.4 Å². The molecule has 1 aromatic rings. The maximum Gasteiger partial charge on any atom is 0.254 e. The molecular weight excluding hydrogens is 378 g/mol. The fraction of sp³-hybridized carbons (Fsp3) is 0.579. The molecule has 1 saturated carbocycles. The van der Waals surface area contributed by atoms with Gasteiger partial charge in [-0.05, 0) is 24.5 Å². The van der Waals surface area contributed by atoms with Gasteiger partial charge in [0.15, 0.2) is 0 Å². The molecular formula is C19H23Cl2FN2O2. The normalized spacial score (nSPS) is 27.7. The number of halogens is 3. The number of carbonyl (C=O) groups is 2. The summed E-state index contributed by atoms with van der Waals surface area (Å²) in [5.74, 6) is -1.48. The fourth-order valence-electron chi connectivity index (χ4n) is 3.78. The summed E-state index contributed by atoms with van der Waals surface area (Å²) >= 11 is 12.7. The van der Waals surface area contributed by atoms with Gasteiger partial charge in [-0.2, -0.15) is 0 Å². The van der Waals surface area contributed by atoms with Gasteiger partial charge in [0, 0.05) is 24.4 Å². The van der Waals surface area contributed by atoms with Crippen LogP contribution >= 0.6 is 23.2 Å². The summed E-state index contributed by atoms with van der Waals surface area (Å²) in [6.07, 6.45) is 0.725. The van der Waals surface area contributed by atoms with Crippen LogP contribution in [-0.2, 0) is 4.79 Å². The Morgan fingerprint density at radius 1 is 1.31 bits per heavy atom. The minimum atomic E-state index is -0.800. The van der Waals surface area contributed by atoms with Gasteiger partial charge in [0.05, 0.1) is 5.56 Å². The number of rotatable bonds is 4. The molecule has 1 aliphatic carbocycles. The van der Waals surface area contributed by atoms with Gasteiger partial charge < -0.3 is 10.2 Å².